The van der Waals surface area contributed by atoms with Crippen molar-refractivity contribution >= 4 is 11.5 Å². The largest absolute Gasteiger partial charge is 0.397 e. The summed E-state index contributed by atoms with van der Waals surface area (Å²) < 4.78 is 0. The molecule has 0 fully saturated rings. The Kier molecular flexibility index (Phi) is 1.79. The molecular weight excluding hydrogens is 164 g/mol. The Labute approximate surface area is 77.0 Å². The van der Waals surface area contributed by atoms with Crippen LogP contribution in [0.25, 0.3) is 0 Å². The van der Waals surface area contributed by atoms with E-state index in [9.17, 15) is 4.79 Å². The van der Waals surface area contributed by atoms with Crippen molar-refractivity contribution in [2.75, 3.05) is 5.73 Å². The molecule has 1 aliphatic rings. The van der Waals surface area contributed by atoms with Crippen molar-refractivity contribution in [3.8, 4) is 0 Å². The highest BCUT2D eigenvalue weighted by Crippen LogP contribution is 2.24. The van der Waals surface area contributed by atoms with Crippen LogP contribution in [0.4, 0.5) is 5.69 Å². The molecule has 0 bridgehead atoms. The van der Waals surface area contributed by atoms with Crippen molar-refractivity contribution in [3.05, 3.63) is 23.5 Å². The fourth-order valence-corrected chi connectivity index (χ4v) is 1.74. The number of fused-ring (bicyclic) bond motifs is 1. The van der Waals surface area contributed by atoms with Crippen LogP contribution in [0.15, 0.2) is 12.3 Å². The average Bonchev–Trinajstić information content (AvgIpc) is 2.06. The third-order valence-electron chi connectivity index (χ3n) is 2.37. The maximum Gasteiger partial charge on any atom is 0.165 e. The summed E-state index contributed by atoms with van der Waals surface area (Å²) in [5.41, 5.74) is 7.76. The second-order valence-electron chi connectivity index (χ2n) is 3.70. The van der Waals surface area contributed by atoms with Gasteiger partial charge in [-0.15, -0.1) is 0 Å². The van der Waals surface area contributed by atoms with Gasteiger partial charge in [-0.05, 0) is 18.4 Å². The molecular formula is C10H12N2O. The van der Waals surface area contributed by atoms with E-state index in [1.165, 1.54) is 0 Å². The monoisotopic (exact) mass is 176 g/mol. The zero-order valence-electron chi connectivity index (χ0n) is 7.58. The van der Waals surface area contributed by atoms with Gasteiger partial charge in [-0.25, -0.2) is 0 Å². The number of anilines is 1. The standard InChI is InChI=1S/C10H12N2O/c1-6-2-9-8(10(13)3-6)4-7(11)5-12-9/h4-6H,2-3,11H2,1H3. The normalized spacial score (nSPS) is 21.3. The van der Waals surface area contributed by atoms with Crippen LogP contribution in [0.1, 0.15) is 29.4 Å². The Morgan fingerprint density at radius 3 is 3.08 bits per heavy atom. The second kappa shape index (κ2) is 2.83. The minimum absolute atomic E-state index is 0.175. The van der Waals surface area contributed by atoms with E-state index < -0.39 is 0 Å². The fourth-order valence-electron chi connectivity index (χ4n) is 1.74. The number of ketones is 1. The summed E-state index contributed by atoms with van der Waals surface area (Å²) >= 11 is 0. The van der Waals surface area contributed by atoms with Gasteiger partial charge in [-0.1, -0.05) is 6.92 Å². The van der Waals surface area contributed by atoms with Gasteiger partial charge in [0, 0.05) is 12.0 Å². The Hall–Kier alpha value is -1.38. The Balaban J connectivity index is 2.49. The molecule has 68 valence electrons. The Bertz CT molecular complexity index is 360. The highest BCUT2D eigenvalue weighted by molar-refractivity contribution is 5.98. The minimum atomic E-state index is 0.175. The molecule has 0 amide bonds. The van der Waals surface area contributed by atoms with E-state index in [0.29, 0.717) is 18.0 Å². The van der Waals surface area contributed by atoms with Gasteiger partial charge < -0.3 is 5.73 Å². The number of aromatic nitrogens is 1. The summed E-state index contributed by atoms with van der Waals surface area (Å²) in [6.07, 6.45) is 3.13. The molecule has 0 spiro atoms. The third-order valence-corrected chi connectivity index (χ3v) is 2.37. The molecule has 0 saturated carbocycles. The number of rotatable bonds is 0. The van der Waals surface area contributed by atoms with Crippen LogP contribution in [0.3, 0.4) is 0 Å². The SMILES string of the molecule is CC1CC(=O)c2cc(N)cnc2C1. The van der Waals surface area contributed by atoms with Gasteiger partial charge in [-0.3, -0.25) is 9.78 Å². The van der Waals surface area contributed by atoms with Crippen LogP contribution >= 0.6 is 0 Å². The molecule has 2 N–H and O–H groups in total. The molecule has 0 aromatic carbocycles. The number of hydrogen-bond donors (Lipinski definition) is 1. The van der Waals surface area contributed by atoms with Crippen molar-refractivity contribution in [3.63, 3.8) is 0 Å². The average molecular weight is 176 g/mol. The number of pyridine rings is 1. The number of nitrogens with zero attached hydrogens (tertiary/aromatic N) is 1. The predicted molar refractivity (Wildman–Crippen MR) is 50.5 cm³/mol. The molecule has 1 atom stereocenters. The van der Waals surface area contributed by atoms with Gasteiger partial charge in [0.05, 0.1) is 17.6 Å². The molecule has 1 unspecified atom stereocenters. The highest BCUT2D eigenvalue weighted by atomic mass is 16.1. The van der Waals surface area contributed by atoms with Gasteiger partial charge >= 0.3 is 0 Å². The van der Waals surface area contributed by atoms with Crippen LogP contribution < -0.4 is 5.73 Å². The van der Waals surface area contributed by atoms with E-state index in [1.54, 1.807) is 12.3 Å². The van der Waals surface area contributed by atoms with Crippen molar-refractivity contribution in [1.29, 1.82) is 0 Å². The van der Waals surface area contributed by atoms with Gasteiger partial charge in [0.25, 0.3) is 0 Å². The van der Waals surface area contributed by atoms with Crippen molar-refractivity contribution < 1.29 is 4.79 Å². The number of carbonyl (C=O) groups excluding carboxylic acids is 1. The van der Waals surface area contributed by atoms with Gasteiger partial charge in [0.1, 0.15) is 0 Å². The van der Waals surface area contributed by atoms with Crippen molar-refractivity contribution in [2.24, 2.45) is 5.92 Å². The topological polar surface area (TPSA) is 56.0 Å². The summed E-state index contributed by atoms with van der Waals surface area (Å²) in [6, 6.07) is 1.73. The fraction of sp³-hybridized carbons (Fsp3) is 0.400. The molecule has 1 heterocycles. The molecule has 3 nitrogen and oxygen atoms in total. The summed E-state index contributed by atoms with van der Waals surface area (Å²) in [7, 11) is 0. The molecule has 0 radical (unpaired) electrons. The summed E-state index contributed by atoms with van der Waals surface area (Å²) in [4.78, 5) is 15.7. The van der Waals surface area contributed by atoms with Crippen LogP contribution in [0.5, 0.6) is 0 Å². The third kappa shape index (κ3) is 1.41. The number of hydrogen-bond acceptors (Lipinski definition) is 3. The first-order valence-corrected chi connectivity index (χ1v) is 4.44. The summed E-state index contributed by atoms with van der Waals surface area (Å²) in [5.74, 6) is 0.588. The van der Waals surface area contributed by atoms with Gasteiger partial charge in [0.15, 0.2) is 5.78 Å². The van der Waals surface area contributed by atoms with Crippen LogP contribution in [0.2, 0.25) is 0 Å². The molecule has 0 aliphatic heterocycles. The van der Waals surface area contributed by atoms with Crippen molar-refractivity contribution in [1.82, 2.24) is 4.98 Å². The quantitative estimate of drug-likeness (QED) is 0.650. The Morgan fingerprint density at radius 1 is 1.54 bits per heavy atom. The maximum absolute atomic E-state index is 11.6. The number of nitrogen functional groups attached to an aromatic ring is 1. The molecule has 1 aromatic heterocycles. The van der Waals surface area contributed by atoms with E-state index in [1.807, 2.05) is 0 Å². The van der Waals surface area contributed by atoms with Gasteiger partial charge in [-0.2, -0.15) is 0 Å². The molecule has 1 aliphatic carbocycles. The van der Waals surface area contributed by atoms with Crippen LogP contribution in [-0.2, 0) is 6.42 Å². The molecule has 13 heavy (non-hydrogen) atoms. The van der Waals surface area contributed by atoms with E-state index >= 15 is 0 Å². The second-order valence-corrected chi connectivity index (χ2v) is 3.70. The van der Waals surface area contributed by atoms with E-state index in [2.05, 4.69) is 11.9 Å². The van der Waals surface area contributed by atoms with E-state index in [-0.39, 0.29) is 5.78 Å². The molecule has 1 aromatic rings. The first-order valence-electron chi connectivity index (χ1n) is 4.44. The lowest BCUT2D eigenvalue weighted by atomic mass is 9.87. The lowest BCUT2D eigenvalue weighted by Crippen LogP contribution is -2.19. The number of carbonyl (C=O) groups is 1. The predicted octanol–water partition coefficient (Wildman–Crippen LogP) is 1.43. The number of Topliss-reactive ketones (excluding diaryl/α,β-unsaturated/α-hetero) is 1. The van der Waals surface area contributed by atoms with Crippen molar-refractivity contribution in [2.45, 2.75) is 19.8 Å². The molecule has 0 saturated heterocycles. The number of nitrogens with two attached hydrogens (primary N) is 1. The van der Waals surface area contributed by atoms with E-state index in [0.717, 1.165) is 17.7 Å². The smallest absolute Gasteiger partial charge is 0.165 e. The minimum Gasteiger partial charge on any atom is -0.397 e. The highest BCUT2D eigenvalue weighted by Gasteiger charge is 2.23. The van der Waals surface area contributed by atoms with E-state index in [4.69, 9.17) is 5.73 Å². The Morgan fingerprint density at radius 2 is 2.31 bits per heavy atom. The zero-order valence-corrected chi connectivity index (χ0v) is 7.58. The summed E-state index contributed by atoms with van der Waals surface area (Å²) in [6.45, 7) is 2.07. The lowest BCUT2D eigenvalue weighted by Gasteiger charge is -2.19. The summed E-state index contributed by atoms with van der Waals surface area (Å²) in [5, 5.41) is 0. The first-order chi connectivity index (χ1) is 6.16. The molecule has 3 heteroatoms. The van der Waals surface area contributed by atoms with Gasteiger partial charge in [0.2, 0.25) is 0 Å². The maximum atomic E-state index is 11.6. The van der Waals surface area contributed by atoms with Crippen LogP contribution in [0, 0.1) is 5.92 Å². The zero-order chi connectivity index (χ0) is 9.42. The first kappa shape index (κ1) is 8.23. The molecule has 2 rings (SSSR count). The van der Waals surface area contributed by atoms with Crippen LogP contribution in [-0.4, -0.2) is 10.8 Å². The lowest BCUT2D eigenvalue weighted by molar-refractivity contribution is 0.0952.